The van der Waals surface area contributed by atoms with Crippen molar-refractivity contribution in [2.24, 2.45) is 17.8 Å². The molecule has 2 heterocycles. The van der Waals surface area contributed by atoms with E-state index in [1.807, 2.05) is 0 Å². The summed E-state index contributed by atoms with van der Waals surface area (Å²) in [6, 6.07) is 15.4. The molecule has 0 bridgehead atoms. The van der Waals surface area contributed by atoms with Crippen LogP contribution in [0.2, 0.25) is 5.02 Å². The Labute approximate surface area is 278 Å². The second kappa shape index (κ2) is 10.8. The van der Waals surface area contributed by atoms with E-state index in [2.05, 4.69) is 0 Å². The molecule has 2 aliphatic carbocycles. The SMILES string of the molecule is O=C1C2CC=C3C(CC4(Cl)C(=O)N(c5ccc(F)cc5)C(=O)C4(Cl)C3c3ccc(O)cc3Cl)C2C(=O)N1CCc1ccc(O)cc1. The second-order valence-electron chi connectivity index (χ2n) is 12.2. The molecule has 8 nitrogen and oxygen atoms in total. The van der Waals surface area contributed by atoms with Crippen LogP contribution in [0.25, 0.3) is 0 Å². The summed E-state index contributed by atoms with van der Waals surface area (Å²) in [7, 11) is 0. The highest BCUT2D eigenvalue weighted by atomic mass is 35.5. The predicted molar refractivity (Wildman–Crippen MR) is 168 cm³/mol. The number of phenolic OH excluding ortho intramolecular Hbond substituents is 2. The molecular weight excluding hydrogens is 658 g/mol. The van der Waals surface area contributed by atoms with Crippen molar-refractivity contribution in [1.82, 2.24) is 4.90 Å². The number of alkyl halides is 2. The van der Waals surface area contributed by atoms with Crippen molar-refractivity contribution in [3.8, 4) is 11.5 Å². The van der Waals surface area contributed by atoms with Gasteiger partial charge >= 0.3 is 0 Å². The number of hydrogen-bond donors (Lipinski definition) is 2. The Balaban J connectivity index is 1.32. The Morgan fingerprint density at radius 2 is 1.52 bits per heavy atom. The van der Waals surface area contributed by atoms with Gasteiger partial charge in [-0.1, -0.05) is 41.4 Å². The smallest absolute Gasteiger partial charge is 0.258 e. The third kappa shape index (κ3) is 4.32. The lowest BCUT2D eigenvalue weighted by Crippen LogP contribution is -2.60. The third-order valence-electron chi connectivity index (χ3n) is 9.84. The van der Waals surface area contributed by atoms with Crippen molar-refractivity contribution >= 4 is 64.1 Å². The Morgan fingerprint density at radius 3 is 2.20 bits per heavy atom. The lowest BCUT2D eigenvalue weighted by molar-refractivity contribution is -0.140. The monoisotopic (exact) mass is 682 g/mol. The average Bonchev–Trinajstić information content (AvgIpc) is 3.35. The van der Waals surface area contributed by atoms with E-state index in [4.69, 9.17) is 34.8 Å². The fraction of sp³-hybridized carbons (Fsp3) is 0.294. The number of imide groups is 2. The minimum absolute atomic E-state index is 0.0672. The summed E-state index contributed by atoms with van der Waals surface area (Å²) in [5.74, 6) is -6.46. The molecule has 3 fully saturated rings. The first-order valence-electron chi connectivity index (χ1n) is 14.7. The van der Waals surface area contributed by atoms with Gasteiger partial charge in [0.2, 0.25) is 11.8 Å². The molecule has 46 heavy (non-hydrogen) atoms. The Morgan fingerprint density at radius 1 is 0.848 bits per heavy atom. The normalized spacial score (nSPS) is 30.3. The van der Waals surface area contributed by atoms with Crippen LogP contribution in [0.3, 0.4) is 0 Å². The molecule has 1 saturated carbocycles. The number of carbonyl (C=O) groups excluding carboxylic acids is 4. The quantitative estimate of drug-likeness (QED) is 0.203. The number of amides is 4. The number of halogens is 4. The molecule has 2 aliphatic heterocycles. The molecular formula is C34H26Cl3FN2O6. The van der Waals surface area contributed by atoms with Gasteiger partial charge < -0.3 is 10.2 Å². The fourth-order valence-corrected chi connectivity index (χ4v) is 8.89. The lowest BCUT2D eigenvalue weighted by atomic mass is 9.56. The number of nitrogens with zero attached hydrogens (tertiary/aromatic N) is 2. The van der Waals surface area contributed by atoms with Crippen molar-refractivity contribution in [2.45, 2.75) is 34.9 Å². The molecule has 12 heteroatoms. The number of phenols is 2. The van der Waals surface area contributed by atoms with Gasteiger partial charge in [0.1, 0.15) is 17.3 Å². The summed E-state index contributed by atoms with van der Waals surface area (Å²) < 4.78 is 13.8. The molecule has 3 aromatic carbocycles. The molecule has 2 saturated heterocycles. The number of rotatable bonds is 5. The fourth-order valence-electron chi connectivity index (χ4n) is 7.68. The van der Waals surface area contributed by atoms with Crippen LogP contribution in [0.1, 0.15) is 29.9 Å². The molecule has 0 aromatic heterocycles. The Bertz CT molecular complexity index is 1850. The minimum Gasteiger partial charge on any atom is -0.508 e. The predicted octanol–water partition coefficient (Wildman–Crippen LogP) is 5.70. The van der Waals surface area contributed by atoms with E-state index >= 15 is 0 Å². The highest BCUT2D eigenvalue weighted by Crippen LogP contribution is 2.66. The number of allylic oxidation sites excluding steroid dienone is 2. The molecule has 0 radical (unpaired) electrons. The van der Waals surface area contributed by atoms with Gasteiger partial charge in [-0.25, -0.2) is 9.29 Å². The first-order chi connectivity index (χ1) is 21.9. The standard InChI is InChI=1S/C34H26Cl3FN2O6/c35-26-15-21(42)9-10-23(26)28-22-11-12-24-27(30(44)39(29(24)43)14-13-17-1-7-20(41)8-2-17)25(22)16-33(36)31(45)40(32(46)34(28,33)37)19-5-3-18(38)4-6-19/h1-11,15,24-25,27-28,41-42H,12-14,16H2. The molecule has 4 amide bonds. The molecule has 6 atom stereocenters. The van der Waals surface area contributed by atoms with Gasteiger partial charge in [0.05, 0.1) is 17.5 Å². The van der Waals surface area contributed by atoms with Gasteiger partial charge in [0.15, 0.2) is 9.75 Å². The van der Waals surface area contributed by atoms with Gasteiger partial charge in [-0.15, -0.1) is 23.2 Å². The number of likely N-dealkylation sites (tertiary alicyclic amines) is 1. The number of fused-ring (bicyclic) bond motifs is 4. The Hall–Kier alpha value is -3.92. The van der Waals surface area contributed by atoms with Gasteiger partial charge in [0.25, 0.3) is 11.8 Å². The van der Waals surface area contributed by atoms with E-state index in [0.717, 1.165) is 22.6 Å². The van der Waals surface area contributed by atoms with Gasteiger partial charge in [-0.3, -0.25) is 24.1 Å². The molecule has 236 valence electrons. The van der Waals surface area contributed by atoms with Crippen LogP contribution in [-0.2, 0) is 25.6 Å². The summed E-state index contributed by atoms with van der Waals surface area (Å²) in [6.45, 7) is 0.117. The van der Waals surface area contributed by atoms with Crippen molar-refractivity contribution in [1.29, 1.82) is 0 Å². The van der Waals surface area contributed by atoms with E-state index in [9.17, 15) is 33.8 Å². The maximum Gasteiger partial charge on any atom is 0.258 e. The number of hydrogen-bond acceptors (Lipinski definition) is 6. The van der Waals surface area contributed by atoms with Crippen LogP contribution < -0.4 is 4.90 Å². The summed E-state index contributed by atoms with van der Waals surface area (Å²) in [5, 5.41) is 19.8. The largest absolute Gasteiger partial charge is 0.508 e. The van der Waals surface area contributed by atoms with Crippen molar-refractivity contribution in [3.05, 3.63) is 100 Å². The zero-order chi connectivity index (χ0) is 32.7. The summed E-state index contributed by atoms with van der Waals surface area (Å²) in [5.41, 5.74) is 1.78. The van der Waals surface area contributed by atoms with Crippen LogP contribution in [0.5, 0.6) is 11.5 Å². The van der Waals surface area contributed by atoms with Crippen molar-refractivity contribution in [2.75, 3.05) is 11.4 Å². The zero-order valence-corrected chi connectivity index (χ0v) is 26.3. The highest BCUT2D eigenvalue weighted by Gasteiger charge is 2.76. The number of benzene rings is 3. The van der Waals surface area contributed by atoms with Crippen LogP contribution in [0.4, 0.5) is 10.1 Å². The van der Waals surface area contributed by atoms with Crippen molar-refractivity contribution < 1.29 is 33.8 Å². The number of aromatic hydroxyl groups is 2. The van der Waals surface area contributed by atoms with Gasteiger partial charge in [-0.2, -0.15) is 0 Å². The van der Waals surface area contributed by atoms with Crippen molar-refractivity contribution in [3.63, 3.8) is 0 Å². The number of anilines is 1. The third-order valence-corrected chi connectivity index (χ3v) is 11.6. The topological polar surface area (TPSA) is 115 Å². The summed E-state index contributed by atoms with van der Waals surface area (Å²) in [4.78, 5) is 54.2. The maximum absolute atomic E-state index is 14.4. The molecule has 4 aliphatic rings. The van der Waals surface area contributed by atoms with E-state index in [1.165, 1.54) is 47.4 Å². The van der Waals surface area contributed by atoms with Crippen LogP contribution >= 0.6 is 34.8 Å². The Kier molecular flexibility index (Phi) is 7.23. The van der Waals surface area contributed by atoms with Gasteiger partial charge in [0, 0.05) is 17.5 Å². The second-order valence-corrected chi connectivity index (χ2v) is 13.8. The molecule has 6 unspecified atom stereocenters. The first-order valence-corrected chi connectivity index (χ1v) is 15.8. The highest BCUT2D eigenvalue weighted by molar-refractivity contribution is 6.58. The summed E-state index contributed by atoms with van der Waals surface area (Å²) >= 11 is 21.3. The van der Waals surface area contributed by atoms with E-state index in [-0.39, 0.29) is 47.5 Å². The number of carbonyl (C=O) groups is 4. The zero-order valence-electron chi connectivity index (χ0n) is 24.0. The molecule has 2 N–H and O–H groups in total. The summed E-state index contributed by atoms with van der Waals surface area (Å²) in [6.07, 6.45) is 2.14. The van der Waals surface area contributed by atoms with Crippen LogP contribution in [0, 0.1) is 23.6 Å². The van der Waals surface area contributed by atoms with Crippen LogP contribution in [-0.4, -0.2) is 55.0 Å². The van der Waals surface area contributed by atoms with Crippen LogP contribution in [0.15, 0.2) is 78.4 Å². The van der Waals surface area contributed by atoms with E-state index < -0.39 is 57.0 Å². The van der Waals surface area contributed by atoms with E-state index in [1.54, 1.807) is 18.2 Å². The molecule has 0 spiro atoms. The first kappa shape index (κ1) is 30.7. The minimum atomic E-state index is -2.12. The average molecular weight is 684 g/mol. The lowest BCUT2D eigenvalue weighted by Gasteiger charge is -2.50. The molecule has 7 rings (SSSR count). The maximum atomic E-state index is 14.4. The van der Waals surface area contributed by atoms with Gasteiger partial charge in [-0.05, 0) is 84.8 Å². The molecule has 3 aromatic rings. The van der Waals surface area contributed by atoms with E-state index in [0.29, 0.717) is 17.6 Å².